The van der Waals surface area contributed by atoms with E-state index < -0.39 is 0 Å². The first-order valence-electron chi connectivity index (χ1n) is 5.85. The van der Waals surface area contributed by atoms with Crippen LogP contribution in [-0.4, -0.2) is 7.05 Å². The van der Waals surface area contributed by atoms with Gasteiger partial charge in [0.05, 0.1) is 23.0 Å². The van der Waals surface area contributed by atoms with Crippen molar-refractivity contribution in [2.75, 3.05) is 17.7 Å². The number of hydrogen-bond donors (Lipinski definition) is 1. The number of nitrogen functional groups attached to an aromatic ring is 1. The van der Waals surface area contributed by atoms with Gasteiger partial charge in [-0.05, 0) is 35.9 Å². The number of benzene rings is 2. The Morgan fingerprint density at radius 1 is 1.26 bits per heavy atom. The molecule has 0 amide bonds. The first kappa shape index (κ1) is 13.3. The molecule has 0 aliphatic rings. The first-order valence-corrected chi connectivity index (χ1v) is 6.23. The Hall–Kier alpha value is -2.18. The molecule has 0 unspecified atom stereocenters. The number of hydrogen-bond acceptors (Lipinski definition) is 3. The Morgan fingerprint density at radius 2 is 2.05 bits per heavy atom. The molecule has 0 aromatic heterocycles. The summed E-state index contributed by atoms with van der Waals surface area (Å²) in [4.78, 5) is 2.01. The summed E-state index contributed by atoms with van der Waals surface area (Å²) in [5.74, 6) is 0. The molecule has 2 aromatic rings. The Balaban J connectivity index is 2.23. The van der Waals surface area contributed by atoms with Crippen LogP contribution >= 0.6 is 11.6 Å². The molecule has 0 spiro atoms. The molecule has 0 heterocycles. The predicted octanol–water partition coefficient (Wildman–Crippen LogP) is 3.43. The van der Waals surface area contributed by atoms with Gasteiger partial charge >= 0.3 is 0 Å². The van der Waals surface area contributed by atoms with Gasteiger partial charge in [0.2, 0.25) is 0 Å². The summed E-state index contributed by atoms with van der Waals surface area (Å²) in [5, 5.41) is 9.55. The minimum absolute atomic E-state index is 0.654. The molecule has 0 aliphatic carbocycles. The molecule has 3 nitrogen and oxygen atoms in total. The van der Waals surface area contributed by atoms with Crippen LogP contribution in [0.25, 0.3) is 0 Å². The maximum atomic E-state index is 8.89. The summed E-state index contributed by atoms with van der Waals surface area (Å²) in [6.45, 7) is 0.667. The zero-order chi connectivity index (χ0) is 13.8. The van der Waals surface area contributed by atoms with Crippen molar-refractivity contribution in [1.82, 2.24) is 0 Å². The van der Waals surface area contributed by atoms with Crippen LogP contribution in [0.15, 0.2) is 42.5 Å². The summed E-state index contributed by atoms with van der Waals surface area (Å²) in [5.41, 5.74) is 9.23. The average Bonchev–Trinajstić information content (AvgIpc) is 2.41. The van der Waals surface area contributed by atoms with Crippen LogP contribution in [-0.2, 0) is 6.54 Å². The number of rotatable bonds is 3. The zero-order valence-corrected chi connectivity index (χ0v) is 11.4. The molecular weight excluding hydrogens is 258 g/mol. The lowest BCUT2D eigenvalue weighted by Gasteiger charge is -2.21. The fraction of sp³-hybridized carbons (Fsp3) is 0.133. The highest BCUT2D eigenvalue weighted by molar-refractivity contribution is 6.31. The van der Waals surface area contributed by atoms with Gasteiger partial charge in [0, 0.05) is 18.6 Å². The molecule has 0 bridgehead atoms. The van der Waals surface area contributed by atoms with Gasteiger partial charge in [0.25, 0.3) is 0 Å². The number of nitrogens with zero attached hydrogens (tertiary/aromatic N) is 2. The quantitative estimate of drug-likeness (QED) is 0.870. The van der Waals surface area contributed by atoms with Crippen molar-refractivity contribution in [3.05, 3.63) is 58.6 Å². The van der Waals surface area contributed by atoms with E-state index in [4.69, 9.17) is 22.6 Å². The van der Waals surface area contributed by atoms with Gasteiger partial charge in [-0.3, -0.25) is 0 Å². The van der Waals surface area contributed by atoms with Gasteiger partial charge < -0.3 is 10.6 Å². The van der Waals surface area contributed by atoms with Gasteiger partial charge in [-0.25, -0.2) is 0 Å². The van der Waals surface area contributed by atoms with Gasteiger partial charge in [0.1, 0.15) is 0 Å². The van der Waals surface area contributed by atoms with Crippen molar-refractivity contribution in [1.29, 1.82) is 5.26 Å². The second-order valence-electron chi connectivity index (χ2n) is 4.37. The van der Waals surface area contributed by atoms with Gasteiger partial charge in [-0.1, -0.05) is 23.7 Å². The number of nitrogens with two attached hydrogens (primary N) is 1. The summed E-state index contributed by atoms with van der Waals surface area (Å²) in [7, 11) is 1.95. The molecule has 0 saturated heterocycles. The number of anilines is 2. The molecule has 0 aliphatic heterocycles. The second kappa shape index (κ2) is 5.64. The van der Waals surface area contributed by atoms with Gasteiger partial charge in [-0.15, -0.1) is 0 Å². The topological polar surface area (TPSA) is 53.0 Å². The third-order valence-corrected chi connectivity index (χ3v) is 3.11. The summed E-state index contributed by atoms with van der Waals surface area (Å²) < 4.78 is 0. The molecule has 0 radical (unpaired) electrons. The summed E-state index contributed by atoms with van der Waals surface area (Å²) in [6.07, 6.45) is 0. The van der Waals surface area contributed by atoms with Crippen LogP contribution in [0.5, 0.6) is 0 Å². The highest BCUT2D eigenvalue weighted by atomic mass is 35.5. The van der Waals surface area contributed by atoms with Crippen molar-refractivity contribution in [2.45, 2.75) is 6.54 Å². The Morgan fingerprint density at radius 3 is 2.79 bits per heavy atom. The minimum atomic E-state index is 0.654. The normalized spacial score (nSPS) is 9.95. The Labute approximate surface area is 117 Å². The summed E-state index contributed by atoms with van der Waals surface area (Å²) >= 11 is 5.99. The molecule has 0 atom stereocenters. The van der Waals surface area contributed by atoms with E-state index in [0.717, 1.165) is 11.3 Å². The van der Waals surface area contributed by atoms with Crippen molar-refractivity contribution in [2.24, 2.45) is 0 Å². The molecule has 19 heavy (non-hydrogen) atoms. The van der Waals surface area contributed by atoms with Crippen molar-refractivity contribution < 1.29 is 0 Å². The fourth-order valence-corrected chi connectivity index (χ4v) is 2.11. The molecule has 0 saturated carbocycles. The summed E-state index contributed by atoms with van der Waals surface area (Å²) in [6, 6.07) is 15.1. The third kappa shape index (κ3) is 3.18. The zero-order valence-electron chi connectivity index (χ0n) is 10.6. The minimum Gasteiger partial charge on any atom is -0.397 e. The van der Waals surface area contributed by atoms with Crippen LogP contribution in [0.2, 0.25) is 5.02 Å². The molecule has 2 aromatic carbocycles. The largest absolute Gasteiger partial charge is 0.397 e. The van der Waals surface area contributed by atoms with Crippen LogP contribution in [0.1, 0.15) is 11.1 Å². The maximum absolute atomic E-state index is 8.89. The molecule has 0 fully saturated rings. The lowest BCUT2D eigenvalue weighted by molar-refractivity contribution is 0.924. The first-order chi connectivity index (χ1) is 9.10. The van der Waals surface area contributed by atoms with E-state index in [1.807, 2.05) is 36.2 Å². The maximum Gasteiger partial charge on any atom is 0.0991 e. The van der Waals surface area contributed by atoms with E-state index in [1.54, 1.807) is 18.2 Å². The number of halogens is 1. The van der Waals surface area contributed by atoms with Crippen molar-refractivity contribution in [3.8, 4) is 6.07 Å². The highest BCUT2D eigenvalue weighted by Gasteiger charge is 2.07. The molecule has 4 heteroatoms. The van der Waals surface area contributed by atoms with Gasteiger partial charge in [0.15, 0.2) is 0 Å². The lowest BCUT2D eigenvalue weighted by atomic mass is 10.1. The second-order valence-corrected chi connectivity index (χ2v) is 4.81. The molecular formula is C15H14ClN3. The van der Waals surface area contributed by atoms with Crippen molar-refractivity contribution in [3.63, 3.8) is 0 Å². The van der Waals surface area contributed by atoms with Crippen LogP contribution in [0, 0.1) is 11.3 Å². The van der Waals surface area contributed by atoms with Crippen LogP contribution < -0.4 is 10.6 Å². The third-order valence-electron chi connectivity index (χ3n) is 2.88. The van der Waals surface area contributed by atoms with E-state index in [2.05, 4.69) is 6.07 Å². The monoisotopic (exact) mass is 271 g/mol. The highest BCUT2D eigenvalue weighted by Crippen LogP contribution is 2.27. The smallest absolute Gasteiger partial charge is 0.0991 e. The van der Waals surface area contributed by atoms with E-state index in [1.165, 1.54) is 0 Å². The van der Waals surface area contributed by atoms with E-state index >= 15 is 0 Å². The van der Waals surface area contributed by atoms with E-state index in [-0.39, 0.29) is 0 Å². The van der Waals surface area contributed by atoms with Gasteiger partial charge in [-0.2, -0.15) is 5.26 Å². The van der Waals surface area contributed by atoms with Crippen LogP contribution in [0.4, 0.5) is 11.4 Å². The molecule has 2 rings (SSSR count). The molecule has 2 N–H and O–H groups in total. The molecule has 96 valence electrons. The van der Waals surface area contributed by atoms with Crippen molar-refractivity contribution >= 4 is 23.0 Å². The fourth-order valence-electron chi connectivity index (χ4n) is 1.95. The Kier molecular flexibility index (Phi) is 3.94. The van der Waals surface area contributed by atoms with E-state index in [0.29, 0.717) is 22.8 Å². The van der Waals surface area contributed by atoms with Crippen LogP contribution in [0.3, 0.4) is 0 Å². The SMILES string of the molecule is CN(Cc1cccc(C#N)c1)c1cc(Cl)ccc1N. The standard InChI is InChI=1S/C15H14ClN3/c1-19(15-8-13(16)5-6-14(15)18)10-12-4-2-3-11(7-12)9-17/h2-8H,10,18H2,1H3. The lowest BCUT2D eigenvalue weighted by Crippen LogP contribution is -2.17. The predicted molar refractivity (Wildman–Crippen MR) is 79.1 cm³/mol. The number of nitriles is 1. The average molecular weight is 272 g/mol. The van der Waals surface area contributed by atoms with E-state index in [9.17, 15) is 0 Å². The Bertz CT molecular complexity index is 632.